The first-order valence-electron chi connectivity index (χ1n) is 9.94. The fourth-order valence-electron chi connectivity index (χ4n) is 4.08. The lowest BCUT2D eigenvalue weighted by Crippen LogP contribution is -2.46. The normalized spacial score (nSPS) is 17.1. The predicted molar refractivity (Wildman–Crippen MR) is 110 cm³/mol. The molecule has 1 aromatic heterocycles. The number of hydrogen-bond acceptors (Lipinski definition) is 6. The topological polar surface area (TPSA) is 102 Å². The Kier molecular flexibility index (Phi) is 4.55. The van der Waals surface area contributed by atoms with Gasteiger partial charge in [0.25, 0.3) is 0 Å². The van der Waals surface area contributed by atoms with Crippen LogP contribution >= 0.6 is 0 Å². The molecule has 2 aliphatic rings. The molecule has 3 aromatic rings. The highest BCUT2D eigenvalue weighted by atomic mass is 16.5. The van der Waals surface area contributed by atoms with E-state index in [-0.39, 0.29) is 12.1 Å². The van der Waals surface area contributed by atoms with Crippen LogP contribution in [0, 0.1) is 0 Å². The van der Waals surface area contributed by atoms with Gasteiger partial charge in [-0.15, -0.1) is 10.2 Å². The number of ether oxygens (including phenoxy) is 1. The molecule has 2 aromatic carbocycles. The quantitative estimate of drug-likeness (QED) is 0.689. The molecule has 0 amide bonds. The number of benzene rings is 2. The third-order valence-corrected chi connectivity index (χ3v) is 5.51. The first-order chi connectivity index (χ1) is 14.6. The van der Waals surface area contributed by atoms with E-state index in [1.54, 1.807) is 0 Å². The summed E-state index contributed by atoms with van der Waals surface area (Å²) in [6.45, 7) is 1.52. The molecule has 2 aliphatic heterocycles. The van der Waals surface area contributed by atoms with Crippen LogP contribution in [-0.2, 0) is 11.3 Å². The largest absolute Gasteiger partial charge is 0.482 e. The molecule has 8 nitrogen and oxygen atoms in total. The lowest BCUT2D eigenvalue weighted by molar-refractivity contribution is -0.138. The third-order valence-electron chi connectivity index (χ3n) is 5.51. The number of para-hydroxylation sites is 1. The smallest absolute Gasteiger partial charge is 0.327 e. The Labute approximate surface area is 173 Å². The number of fused-ring (bicyclic) bond motifs is 1. The molecule has 2 N–H and O–H groups in total. The number of hydrogen-bond donors (Lipinski definition) is 2. The molecule has 8 heteroatoms. The molecule has 0 bridgehead atoms. The fourth-order valence-corrected chi connectivity index (χ4v) is 4.08. The van der Waals surface area contributed by atoms with Gasteiger partial charge in [-0.25, -0.2) is 0 Å². The van der Waals surface area contributed by atoms with Crippen molar-refractivity contribution in [3.05, 3.63) is 65.7 Å². The fraction of sp³-hybridized carbons (Fsp3) is 0.273. The van der Waals surface area contributed by atoms with Gasteiger partial charge in [0.15, 0.2) is 6.54 Å². The van der Waals surface area contributed by atoms with Gasteiger partial charge >= 0.3 is 5.97 Å². The Morgan fingerprint density at radius 2 is 1.93 bits per heavy atom. The Balaban J connectivity index is 1.56. The molecule has 0 saturated carbocycles. The van der Waals surface area contributed by atoms with E-state index in [9.17, 15) is 4.79 Å². The number of aromatic nitrogens is 4. The van der Waals surface area contributed by atoms with Crippen molar-refractivity contribution in [3.63, 3.8) is 0 Å². The molecule has 1 saturated heterocycles. The Morgan fingerprint density at radius 3 is 2.77 bits per heavy atom. The second-order valence-electron chi connectivity index (χ2n) is 7.59. The Hall–Kier alpha value is -3.52. The number of aliphatic carboxylic acids is 1. The lowest BCUT2D eigenvalue weighted by Gasteiger charge is -2.40. The van der Waals surface area contributed by atoms with Gasteiger partial charge in [0.1, 0.15) is 11.4 Å². The zero-order valence-electron chi connectivity index (χ0n) is 16.3. The summed E-state index contributed by atoms with van der Waals surface area (Å²) in [4.78, 5) is 12.0. The third kappa shape index (κ3) is 3.46. The molecule has 30 heavy (non-hydrogen) atoms. The van der Waals surface area contributed by atoms with Crippen LogP contribution < -0.4 is 10.1 Å². The van der Waals surface area contributed by atoms with Gasteiger partial charge in [-0.05, 0) is 47.6 Å². The Bertz CT molecular complexity index is 1130. The average Bonchev–Trinajstić information content (AvgIpc) is 3.22. The summed E-state index contributed by atoms with van der Waals surface area (Å²) in [7, 11) is 0. The molecule has 1 fully saturated rings. The molecule has 1 spiro atoms. The summed E-state index contributed by atoms with van der Waals surface area (Å²) in [5, 5.41) is 24.4. The van der Waals surface area contributed by atoms with Crippen LogP contribution in [0.4, 0.5) is 0 Å². The number of rotatable bonds is 4. The Morgan fingerprint density at radius 1 is 1.13 bits per heavy atom. The average molecular weight is 403 g/mol. The minimum atomic E-state index is -1.01. The minimum absolute atomic E-state index is 0.312. The number of nitrogens with zero attached hydrogens (tertiary/aromatic N) is 4. The van der Waals surface area contributed by atoms with Crippen molar-refractivity contribution < 1.29 is 14.6 Å². The maximum Gasteiger partial charge on any atom is 0.327 e. The number of piperidine rings is 1. The maximum atomic E-state index is 10.9. The van der Waals surface area contributed by atoms with Crippen molar-refractivity contribution >= 4 is 11.5 Å². The van der Waals surface area contributed by atoms with Crippen molar-refractivity contribution in [1.29, 1.82) is 0 Å². The minimum Gasteiger partial charge on any atom is -0.482 e. The molecule has 3 heterocycles. The summed E-state index contributed by atoms with van der Waals surface area (Å²) < 4.78 is 6.46. The van der Waals surface area contributed by atoms with Crippen molar-refractivity contribution in [2.24, 2.45) is 0 Å². The van der Waals surface area contributed by atoms with E-state index in [2.05, 4.69) is 38.9 Å². The maximum absolute atomic E-state index is 10.9. The number of tetrazole rings is 1. The van der Waals surface area contributed by atoms with Crippen LogP contribution in [0.1, 0.15) is 24.0 Å². The summed E-state index contributed by atoms with van der Waals surface area (Å²) in [5.74, 6) is 0.285. The number of carboxylic acids is 1. The van der Waals surface area contributed by atoms with Gasteiger partial charge in [0, 0.05) is 24.0 Å². The van der Waals surface area contributed by atoms with Crippen LogP contribution in [0.15, 0.2) is 54.6 Å². The second-order valence-corrected chi connectivity index (χ2v) is 7.59. The summed E-state index contributed by atoms with van der Waals surface area (Å²) in [6, 6.07) is 16.0. The van der Waals surface area contributed by atoms with Gasteiger partial charge in [-0.1, -0.05) is 36.4 Å². The van der Waals surface area contributed by atoms with Gasteiger partial charge in [-0.2, -0.15) is 4.80 Å². The zero-order valence-corrected chi connectivity index (χ0v) is 16.3. The van der Waals surface area contributed by atoms with E-state index in [0.29, 0.717) is 5.82 Å². The van der Waals surface area contributed by atoms with E-state index >= 15 is 0 Å². The lowest BCUT2D eigenvalue weighted by atomic mass is 9.83. The molecule has 152 valence electrons. The van der Waals surface area contributed by atoms with Crippen molar-refractivity contribution in [1.82, 2.24) is 25.5 Å². The second kappa shape index (κ2) is 7.38. The zero-order chi connectivity index (χ0) is 20.6. The predicted octanol–water partition coefficient (Wildman–Crippen LogP) is 2.37. The highest BCUT2D eigenvalue weighted by molar-refractivity contribution is 5.86. The first-order valence-corrected chi connectivity index (χ1v) is 9.94. The van der Waals surface area contributed by atoms with Crippen LogP contribution in [0.2, 0.25) is 0 Å². The number of nitrogens with one attached hydrogen (secondary N) is 1. The monoisotopic (exact) mass is 403 g/mol. The SMILES string of the molecule is O=C(O)Cn1nnc(-c2cccc(C3=CC4(CCNCC4)Oc4ccccc43)c2)n1. The van der Waals surface area contributed by atoms with E-state index < -0.39 is 5.97 Å². The van der Waals surface area contributed by atoms with Crippen molar-refractivity contribution in [3.8, 4) is 17.1 Å². The summed E-state index contributed by atoms with van der Waals surface area (Å²) in [5.41, 5.74) is 3.69. The van der Waals surface area contributed by atoms with E-state index in [4.69, 9.17) is 9.84 Å². The van der Waals surface area contributed by atoms with Gasteiger partial charge in [0.05, 0.1) is 0 Å². The molecular weight excluding hydrogens is 382 g/mol. The van der Waals surface area contributed by atoms with Crippen LogP contribution in [0.3, 0.4) is 0 Å². The number of carboxylic acid groups (broad SMARTS) is 1. The molecule has 0 aliphatic carbocycles. The first kappa shape index (κ1) is 18.5. The molecular formula is C22H21N5O3. The van der Waals surface area contributed by atoms with E-state index in [0.717, 1.165) is 58.7 Å². The molecule has 0 unspecified atom stereocenters. The summed E-state index contributed by atoms with van der Waals surface area (Å²) >= 11 is 0. The summed E-state index contributed by atoms with van der Waals surface area (Å²) in [6.07, 6.45) is 4.08. The molecule has 5 rings (SSSR count). The van der Waals surface area contributed by atoms with Crippen LogP contribution in [-0.4, -0.2) is 50.0 Å². The van der Waals surface area contributed by atoms with Crippen molar-refractivity contribution in [2.75, 3.05) is 13.1 Å². The van der Waals surface area contributed by atoms with E-state index in [1.807, 2.05) is 36.4 Å². The number of carbonyl (C=O) groups is 1. The highest BCUT2D eigenvalue weighted by Crippen LogP contribution is 2.42. The van der Waals surface area contributed by atoms with Crippen molar-refractivity contribution in [2.45, 2.75) is 25.0 Å². The van der Waals surface area contributed by atoms with Gasteiger partial charge in [0.2, 0.25) is 5.82 Å². The molecule has 0 atom stereocenters. The van der Waals surface area contributed by atoms with Crippen LogP contribution in [0.5, 0.6) is 5.75 Å². The standard InChI is InChI=1S/C22H21N5O3/c28-20(29)14-27-25-21(24-26-27)16-5-3-4-15(12-16)18-13-22(8-10-23-11-9-22)30-19-7-2-1-6-17(18)19/h1-7,12-13,23H,8-11,14H2,(H,28,29). The highest BCUT2D eigenvalue weighted by Gasteiger charge is 2.37. The van der Waals surface area contributed by atoms with Gasteiger partial charge < -0.3 is 15.2 Å². The molecule has 0 radical (unpaired) electrons. The van der Waals surface area contributed by atoms with Crippen LogP contribution in [0.25, 0.3) is 17.0 Å². The van der Waals surface area contributed by atoms with E-state index in [1.165, 1.54) is 0 Å². The van der Waals surface area contributed by atoms with Gasteiger partial charge in [-0.3, -0.25) is 4.79 Å².